The molecule has 2 atom stereocenters. The Balaban J connectivity index is 1.96. The van der Waals surface area contributed by atoms with Gasteiger partial charge in [-0.1, -0.05) is 6.08 Å². The zero-order valence-electron chi connectivity index (χ0n) is 16.1. The van der Waals surface area contributed by atoms with Crippen molar-refractivity contribution in [3.05, 3.63) is 41.0 Å². The van der Waals surface area contributed by atoms with Crippen LogP contribution in [0.2, 0.25) is 0 Å². The van der Waals surface area contributed by atoms with Crippen molar-refractivity contribution in [3.8, 4) is 6.07 Å². The standard InChI is InChI=1S/C21H23F3N2O2/c1-20(2,3)28-19(27)26-17-5-4-6-18(26)11-15(10-17)14-7-13(12-25)8-16(9-14)21(22,23)24/h7-10,17-18H,4-6,11H2,1-3H3. The number of hydrogen-bond acceptors (Lipinski definition) is 3. The molecule has 0 saturated carbocycles. The SMILES string of the molecule is CC(C)(C)OC(=O)N1C2C=C(c3cc(C#N)cc(C(F)(F)F)c3)CC1CCC2. The van der Waals surface area contributed by atoms with E-state index in [2.05, 4.69) is 0 Å². The van der Waals surface area contributed by atoms with Gasteiger partial charge in [-0.2, -0.15) is 18.4 Å². The first-order chi connectivity index (χ1) is 13.0. The van der Waals surface area contributed by atoms with Crippen LogP contribution in [-0.2, 0) is 10.9 Å². The summed E-state index contributed by atoms with van der Waals surface area (Å²) in [6.07, 6.45) is -0.141. The highest BCUT2D eigenvalue weighted by Gasteiger charge is 2.40. The van der Waals surface area contributed by atoms with E-state index in [0.29, 0.717) is 12.0 Å². The topological polar surface area (TPSA) is 53.3 Å². The van der Waals surface area contributed by atoms with Crippen LogP contribution in [0.5, 0.6) is 0 Å². The van der Waals surface area contributed by atoms with Gasteiger partial charge in [0.1, 0.15) is 5.60 Å². The summed E-state index contributed by atoms with van der Waals surface area (Å²) in [4.78, 5) is 14.4. The molecule has 7 heteroatoms. The fourth-order valence-corrected chi connectivity index (χ4v) is 3.88. The highest BCUT2D eigenvalue weighted by Crippen LogP contribution is 2.39. The van der Waals surface area contributed by atoms with Crippen molar-refractivity contribution >= 4 is 11.7 Å². The average Bonchev–Trinajstić information content (AvgIpc) is 2.57. The molecule has 1 fully saturated rings. The first-order valence-electron chi connectivity index (χ1n) is 9.33. The molecule has 1 aromatic rings. The number of fused-ring (bicyclic) bond motifs is 2. The maximum absolute atomic E-state index is 13.2. The Morgan fingerprint density at radius 2 is 1.93 bits per heavy atom. The van der Waals surface area contributed by atoms with Gasteiger partial charge in [0.05, 0.1) is 23.2 Å². The molecule has 2 unspecified atom stereocenters. The van der Waals surface area contributed by atoms with E-state index in [4.69, 9.17) is 10.00 Å². The molecule has 2 aliphatic rings. The summed E-state index contributed by atoms with van der Waals surface area (Å²) >= 11 is 0. The molecule has 4 nitrogen and oxygen atoms in total. The summed E-state index contributed by atoms with van der Waals surface area (Å²) in [5, 5.41) is 9.13. The average molecular weight is 392 g/mol. The Labute approximate surface area is 162 Å². The van der Waals surface area contributed by atoms with E-state index in [1.54, 1.807) is 25.7 Å². The van der Waals surface area contributed by atoms with Crippen molar-refractivity contribution < 1.29 is 22.7 Å². The van der Waals surface area contributed by atoms with Gasteiger partial charge in [0.25, 0.3) is 0 Å². The van der Waals surface area contributed by atoms with Crippen molar-refractivity contribution in [2.75, 3.05) is 0 Å². The van der Waals surface area contributed by atoms with Crippen molar-refractivity contribution in [3.63, 3.8) is 0 Å². The normalized spacial score (nSPS) is 22.3. The van der Waals surface area contributed by atoms with Crippen molar-refractivity contribution in [1.29, 1.82) is 5.26 Å². The predicted molar refractivity (Wildman–Crippen MR) is 98.3 cm³/mol. The Morgan fingerprint density at radius 1 is 1.21 bits per heavy atom. The quantitative estimate of drug-likeness (QED) is 0.632. The third-order valence-electron chi connectivity index (χ3n) is 5.00. The molecule has 3 rings (SSSR count). The molecule has 1 amide bonds. The van der Waals surface area contributed by atoms with Crippen LogP contribution >= 0.6 is 0 Å². The molecule has 0 N–H and O–H groups in total. The molecule has 150 valence electrons. The third kappa shape index (κ3) is 4.32. The molecular weight excluding hydrogens is 369 g/mol. The lowest BCUT2D eigenvalue weighted by Gasteiger charge is -2.45. The molecule has 0 aliphatic carbocycles. The maximum atomic E-state index is 13.2. The fraction of sp³-hybridized carbons (Fsp3) is 0.524. The van der Waals surface area contributed by atoms with Crippen LogP contribution < -0.4 is 0 Å². The molecule has 2 bridgehead atoms. The zero-order chi connectivity index (χ0) is 20.7. The summed E-state index contributed by atoms with van der Waals surface area (Å²) in [6, 6.07) is 4.92. The first-order valence-corrected chi connectivity index (χ1v) is 9.33. The van der Waals surface area contributed by atoms with Crippen LogP contribution in [0, 0.1) is 11.3 Å². The lowest BCUT2D eigenvalue weighted by molar-refractivity contribution is -0.137. The second-order valence-corrected chi connectivity index (χ2v) is 8.34. The highest BCUT2D eigenvalue weighted by atomic mass is 19.4. The maximum Gasteiger partial charge on any atom is 0.416 e. The number of piperidine rings is 1. The molecule has 0 spiro atoms. The van der Waals surface area contributed by atoms with Gasteiger partial charge in [-0.3, -0.25) is 4.90 Å². The fourth-order valence-electron chi connectivity index (χ4n) is 3.88. The highest BCUT2D eigenvalue weighted by molar-refractivity contribution is 5.75. The molecular formula is C21H23F3N2O2. The van der Waals surface area contributed by atoms with E-state index < -0.39 is 17.3 Å². The van der Waals surface area contributed by atoms with Gasteiger partial charge < -0.3 is 4.74 Å². The number of alkyl halides is 3. The summed E-state index contributed by atoms with van der Waals surface area (Å²) in [5.41, 5.74) is -0.324. The van der Waals surface area contributed by atoms with Gasteiger partial charge in [0, 0.05) is 6.04 Å². The Hall–Kier alpha value is -2.49. The number of benzene rings is 1. The summed E-state index contributed by atoms with van der Waals surface area (Å²) in [7, 11) is 0. The van der Waals surface area contributed by atoms with Gasteiger partial charge in [-0.05, 0) is 75.8 Å². The molecule has 28 heavy (non-hydrogen) atoms. The predicted octanol–water partition coefficient (Wildman–Crippen LogP) is 5.52. The van der Waals surface area contributed by atoms with Crippen LogP contribution in [0.15, 0.2) is 24.3 Å². The molecule has 1 aromatic carbocycles. The lowest BCUT2D eigenvalue weighted by Crippen LogP contribution is -2.53. The van der Waals surface area contributed by atoms with Crippen LogP contribution in [0.25, 0.3) is 5.57 Å². The van der Waals surface area contributed by atoms with Crippen LogP contribution in [0.4, 0.5) is 18.0 Å². The summed E-state index contributed by atoms with van der Waals surface area (Å²) < 4.78 is 45.1. The largest absolute Gasteiger partial charge is 0.444 e. The van der Waals surface area contributed by atoms with Gasteiger partial charge in [-0.15, -0.1) is 0 Å². The number of rotatable bonds is 1. The third-order valence-corrected chi connectivity index (χ3v) is 5.00. The van der Waals surface area contributed by atoms with E-state index in [0.717, 1.165) is 37.0 Å². The molecule has 2 aliphatic heterocycles. The minimum absolute atomic E-state index is 0.0227. The Bertz CT molecular complexity index is 847. The molecule has 2 heterocycles. The molecule has 1 saturated heterocycles. The number of carbonyl (C=O) groups excluding carboxylic acids is 1. The second kappa shape index (κ2) is 7.16. The van der Waals surface area contributed by atoms with Gasteiger partial charge >= 0.3 is 12.3 Å². The van der Waals surface area contributed by atoms with Gasteiger partial charge in [-0.25, -0.2) is 4.79 Å². The van der Waals surface area contributed by atoms with Gasteiger partial charge in [0.2, 0.25) is 0 Å². The van der Waals surface area contributed by atoms with Crippen LogP contribution in [0.1, 0.15) is 63.1 Å². The van der Waals surface area contributed by atoms with E-state index in [9.17, 15) is 18.0 Å². The van der Waals surface area contributed by atoms with E-state index in [1.807, 2.05) is 12.1 Å². The molecule has 0 aromatic heterocycles. The summed E-state index contributed by atoms with van der Waals surface area (Å²) in [6.45, 7) is 5.41. The minimum atomic E-state index is -4.52. The number of carbonyl (C=O) groups is 1. The van der Waals surface area contributed by atoms with Crippen molar-refractivity contribution in [2.24, 2.45) is 0 Å². The zero-order valence-corrected chi connectivity index (χ0v) is 16.1. The number of ether oxygens (including phenoxy) is 1. The second-order valence-electron chi connectivity index (χ2n) is 8.34. The Kier molecular flexibility index (Phi) is 5.18. The lowest BCUT2D eigenvalue weighted by atomic mass is 9.82. The Morgan fingerprint density at radius 3 is 2.50 bits per heavy atom. The molecule has 0 radical (unpaired) electrons. The van der Waals surface area contributed by atoms with E-state index >= 15 is 0 Å². The number of amides is 1. The number of nitrogens with zero attached hydrogens (tertiary/aromatic N) is 2. The monoisotopic (exact) mass is 392 g/mol. The summed E-state index contributed by atoms with van der Waals surface area (Å²) in [5.74, 6) is 0. The number of halogens is 3. The number of hydrogen-bond donors (Lipinski definition) is 0. The van der Waals surface area contributed by atoms with Crippen LogP contribution in [-0.4, -0.2) is 28.7 Å². The van der Waals surface area contributed by atoms with E-state index in [1.165, 1.54) is 6.07 Å². The van der Waals surface area contributed by atoms with E-state index in [-0.39, 0.29) is 23.7 Å². The number of nitriles is 1. The van der Waals surface area contributed by atoms with Crippen LogP contribution in [0.3, 0.4) is 0 Å². The van der Waals surface area contributed by atoms with Crippen molar-refractivity contribution in [2.45, 2.75) is 70.3 Å². The smallest absolute Gasteiger partial charge is 0.416 e. The minimum Gasteiger partial charge on any atom is -0.444 e. The van der Waals surface area contributed by atoms with Gasteiger partial charge in [0.15, 0.2) is 0 Å². The first kappa shape index (κ1) is 20.2. The van der Waals surface area contributed by atoms with Crippen molar-refractivity contribution in [1.82, 2.24) is 4.90 Å².